The summed E-state index contributed by atoms with van der Waals surface area (Å²) in [5.74, 6) is 0.857. The van der Waals surface area contributed by atoms with Crippen LogP contribution < -0.4 is 0 Å². The number of fused-ring (bicyclic) bond motifs is 1. The van der Waals surface area contributed by atoms with Crippen molar-refractivity contribution >= 4 is 57.6 Å². The van der Waals surface area contributed by atoms with Gasteiger partial charge >= 0.3 is 0 Å². The first kappa shape index (κ1) is 15.3. The Hall–Kier alpha value is -0.0900. The summed E-state index contributed by atoms with van der Waals surface area (Å²) < 4.78 is 2.14. The number of halogens is 3. The van der Waals surface area contributed by atoms with E-state index in [2.05, 4.69) is 22.7 Å². The van der Waals surface area contributed by atoms with Gasteiger partial charge in [0.2, 0.25) is 0 Å². The minimum absolute atomic E-state index is 0.154. The molecule has 0 aliphatic heterocycles. The zero-order valence-electron chi connectivity index (χ0n) is 11.0. The minimum atomic E-state index is -0.154. The lowest BCUT2D eigenvalue weighted by atomic mass is 10.3. The molecular weight excluding hydrogens is 323 g/mol. The first-order valence-electron chi connectivity index (χ1n) is 5.96. The van der Waals surface area contributed by atoms with Gasteiger partial charge in [-0.25, -0.2) is 4.98 Å². The highest BCUT2D eigenvalue weighted by Gasteiger charge is 2.17. The summed E-state index contributed by atoms with van der Waals surface area (Å²) in [6.45, 7) is 4.95. The summed E-state index contributed by atoms with van der Waals surface area (Å²) in [5.41, 5.74) is 1.82. The van der Waals surface area contributed by atoms with Crippen LogP contribution in [0, 0.1) is 0 Å². The summed E-state index contributed by atoms with van der Waals surface area (Å²) in [5, 5.41) is 1.38. The van der Waals surface area contributed by atoms with Crippen LogP contribution in [-0.4, -0.2) is 21.1 Å². The molecule has 0 N–H and O–H groups in total. The number of rotatable bonds is 4. The van der Waals surface area contributed by atoms with Gasteiger partial charge in [0.15, 0.2) is 0 Å². The monoisotopic (exact) mass is 336 g/mol. The molecule has 0 saturated carbocycles. The fourth-order valence-corrected chi connectivity index (χ4v) is 2.75. The molecular formula is C13H15Cl3N2S. The van der Waals surface area contributed by atoms with Crippen LogP contribution in [-0.2, 0) is 6.54 Å². The summed E-state index contributed by atoms with van der Waals surface area (Å²) in [6.07, 6.45) is 2.09. The molecule has 0 spiro atoms. The number of nitrogens with zero attached hydrogens (tertiary/aromatic N) is 2. The topological polar surface area (TPSA) is 17.8 Å². The highest BCUT2D eigenvalue weighted by molar-refractivity contribution is 7.99. The molecule has 0 fully saturated rings. The predicted molar refractivity (Wildman–Crippen MR) is 87.0 cm³/mol. The SMILES string of the molecule is CSC(C)Cn1c(C(C)Cl)nc2cc(Cl)c(Cl)cc21. The quantitative estimate of drug-likeness (QED) is 0.696. The fraction of sp³-hybridized carbons (Fsp3) is 0.462. The third-order valence-corrected chi connectivity index (χ3v) is 4.89. The van der Waals surface area contributed by atoms with E-state index in [0.717, 1.165) is 23.4 Å². The molecule has 1 aromatic carbocycles. The van der Waals surface area contributed by atoms with Crippen LogP contribution in [0.2, 0.25) is 10.0 Å². The Morgan fingerprint density at radius 3 is 2.47 bits per heavy atom. The molecule has 0 aliphatic carbocycles. The first-order valence-corrected chi connectivity index (χ1v) is 8.44. The van der Waals surface area contributed by atoms with E-state index in [4.69, 9.17) is 34.8 Å². The lowest BCUT2D eigenvalue weighted by Gasteiger charge is -2.14. The molecule has 0 bridgehead atoms. The van der Waals surface area contributed by atoms with Crippen LogP contribution in [0.15, 0.2) is 12.1 Å². The van der Waals surface area contributed by atoms with Gasteiger partial charge in [-0.3, -0.25) is 0 Å². The van der Waals surface area contributed by atoms with Crippen molar-refractivity contribution in [1.82, 2.24) is 9.55 Å². The lowest BCUT2D eigenvalue weighted by Crippen LogP contribution is -2.12. The minimum Gasteiger partial charge on any atom is -0.326 e. The maximum absolute atomic E-state index is 6.23. The van der Waals surface area contributed by atoms with Gasteiger partial charge in [0.1, 0.15) is 5.82 Å². The van der Waals surface area contributed by atoms with Gasteiger partial charge in [-0.1, -0.05) is 30.1 Å². The third-order valence-electron chi connectivity index (χ3n) is 3.02. The van der Waals surface area contributed by atoms with Crippen molar-refractivity contribution < 1.29 is 0 Å². The molecule has 2 unspecified atom stereocenters. The molecule has 0 aliphatic rings. The van der Waals surface area contributed by atoms with E-state index < -0.39 is 0 Å². The Kier molecular flexibility index (Phi) is 4.93. The van der Waals surface area contributed by atoms with Gasteiger partial charge in [-0.2, -0.15) is 11.8 Å². The van der Waals surface area contributed by atoms with Crippen molar-refractivity contribution in [3.8, 4) is 0 Å². The zero-order valence-corrected chi connectivity index (χ0v) is 14.0. The van der Waals surface area contributed by atoms with E-state index in [9.17, 15) is 0 Å². The van der Waals surface area contributed by atoms with E-state index in [1.54, 1.807) is 6.07 Å². The van der Waals surface area contributed by atoms with Gasteiger partial charge in [0.05, 0.1) is 26.5 Å². The molecule has 6 heteroatoms. The number of imidazole rings is 1. The molecule has 104 valence electrons. The second-order valence-corrected chi connectivity index (χ2v) is 7.24. The van der Waals surface area contributed by atoms with Crippen molar-refractivity contribution in [2.75, 3.05) is 6.26 Å². The van der Waals surface area contributed by atoms with Crippen LogP contribution in [0.4, 0.5) is 0 Å². The molecule has 2 rings (SSSR count). The lowest BCUT2D eigenvalue weighted by molar-refractivity contribution is 0.665. The van der Waals surface area contributed by atoms with E-state index in [-0.39, 0.29) is 5.38 Å². The molecule has 0 saturated heterocycles. The van der Waals surface area contributed by atoms with Crippen molar-refractivity contribution in [2.45, 2.75) is 31.0 Å². The van der Waals surface area contributed by atoms with Gasteiger partial charge in [-0.05, 0) is 25.3 Å². The number of alkyl halides is 1. The predicted octanol–water partition coefficient (Wildman–Crippen LogP) is 5.39. The van der Waals surface area contributed by atoms with Crippen LogP contribution in [0.5, 0.6) is 0 Å². The molecule has 1 aromatic heterocycles. The molecule has 2 nitrogen and oxygen atoms in total. The Morgan fingerprint density at radius 2 is 1.89 bits per heavy atom. The van der Waals surface area contributed by atoms with E-state index in [1.807, 2.05) is 24.8 Å². The number of benzene rings is 1. The maximum Gasteiger partial charge on any atom is 0.127 e. The zero-order chi connectivity index (χ0) is 14.2. The molecule has 19 heavy (non-hydrogen) atoms. The third kappa shape index (κ3) is 3.15. The Bertz CT molecular complexity index is 595. The second-order valence-electron chi connectivity index (χ2n) is 4.50. The molecule has 1 heterocycles. The summed E-state index contributed by atoms with van der Waals surface area (Å²) in [4.78, 5) is 4.58. The Balaban J connectivity index is 2.62. The molecule has 2 aromatic rings. The highest BCUT2D eigenvalue weighted by atomic mass is 35.5. The first-order chi connectivity index (χ1) is 8.93. The maximum atomic E-state index is 6.23. The summed E-state index contributed by atoms with van der Waals surface area (Å²) in [7, 11) is 0. The standard InChI is InChI=1S/C13H15Cl3N2S/c1-7(19-3)6-18-12-5-10(16)9(15)4-11(12)17-13(18)8(2)14/h4-5,7-8H,6H2,1-3H3. The normalized spacial score (nSPS) is 14.8. The van der Waals surface area contributed by atoms with Crippen LogP contribution in [0.25, 0.3) is 11.0 Å². The second kappa shape index (κ2) is 6.13. The van der Waals surface area contributed by atoms with Crippen LogP contribution in [0.3, 0.4) is 0 Å². The van der Waals surface area contributed by atoms with Gasteiger partial charge < -0.3 is 4.57 Å². The number of thioether (sulfide) groups is 1. The highest BCUT2D eigenvalue weighted by Crippen LogP contribution is 2.31. The number of hydrogen-bond acceptors (Lipinski definition) is 2. The molecule has 2 atom stereocenters. The number of hydrogen-bond donors (Lipinski definition) is 0. The summed E-state index contributed by atoms with van der Waals surface area (Å²) >= 11 is 20.2. The molecule has 0 radical (unpaired) electrons. The van der Waals surface area contributed by atoms with Gasteiger partial charge in [0.25, 0.3) is 0 Å². The van der Waals surface area contributed by atoms with Crippen molar-refractivity contribution in [3.05, 3.63) is 28.0 Å². The van der Waals surface area contributed by atoms with E-state index in [0.29, 0.717) is 15.3 Å². The fourth-order valence-electron chi connectivity index (χ4n) is 1.97. The van der Waals surface area contributed by atoms with Crippen molar-refractivity contribution in [3.63, 3.8) is 0 Å². The van der Waals surface area contributed by atoms with Crippen LogP contribution in [0.1, 0.15) is 25.0 Å². The number of aromatic nitrogens is 2. The summed E-state index contributed by atoms with van der Waals surface area (Å²) in [6, 6.07) is 3.66. The molecule has 0 amide bonds. The van der Waals surface area contributed by atoms with E-state index in [1.165, 1.54) is 0 Å². The Labute approximate surface area is 132 Å². The van der Waals surface area contributed by atoms with E-state index >= 15 is 0 Å². The van der Waals surface area contributed by atoms with Crippen molar-refractivity contribution in [1.29, 1.82) is 0 Å². The Morgan fingerprint density at radius 1 is 1.26 bits per heavy atom. The van der Waals surface area contributed by atoms with Gasteiger partial charge in [-0.15, -0.1) is 11.6 Å². The van der Waals surface area contributed by atoms with Gasteiger partial charge in [0, 0.05) is 11.8 Å². The average Bonchev–Trinajstić information content (AvgIpc) is 2.68. The van der Waals surface area contributed by atoms with Crippen molar-refractivity contribution in [2.24, 2.45) is 0 Å². The van der Waals surface area contributed by atoms with Crippen LogP contribution >= 0.6 is 46.6 Å². The average molecular weight is 338 g/mol. The largest absolute Gasteiger partial charge is 0.326 e. The smallest absolute Gasteiger partial charge is 0.127 e.